The molecule has 0 saturated carbocycles. The molecule has 0 bridgehead atoms. The second kappa shape index (κ2) is 4.84. The summed E-state index contributed by atoms with van der Waals surface area (Å²) in [4.78, 5) is 8.71. The summed E-state index contributed by atoms with van der Waals surface area (Å²) in [6.45, 7) is 4.40. The van der Waals surface area contributed by atoms with E-state index >= 15 is 0 Å². The maximum atomic E-state index is 5.68. The lowest BCUT2D eigenvalue weighted by Crippen LogP contribution is -2.19. The third kappa shape index (κ3) is 3.03. The summed E-state index contributed by atoms with van der Waals surface area (Å²) in [5.74, 6) is 0. The van der Waals surface area contributed by atoms with Gasteiger partial charge in [-0.25, -0.2) is 4.98 Å². The van der Waals surface area contributed by atoms with Crippen molar-refractivity contribution in [2.45, 2.75) is 32.1 Å². The molecule has 0 atom stereocenters. The van der Waals surface area contributed by atoms with Crippen LogP contribution in [0.3, 0.4) is 0 Å². The van der Waals surface area contributed by atoms with Crippen LogP contribution in [0.15, 0.2) is 29.8 Å². The second-order valence-corrected chi connectivity index (χ2v) is 5.67. The second-order valence-electron chi connectivity index (χ2n) is 4.78. The Hall–Kier alpha value is -1.42. The van der Waals surface area contributed by atoms with Gasteiger partial charge in [-0.3, -0.25) is 4.98 Å². The van der Waals surface area contributed by atoms with Crippen molar-refractivity contribution in [3.8, 4) is 0 Å². The molecule has 90 valence electrons. The van der Waals surface area contributed by atoms with Gasteiger partial charge in [-0.05, 0) is 25.0 Å². The van der Waals surface area contributed by atoms with Crippen LogP contribution in [0.1, 0.15) is 31.7 Å². The molecule has 0 saturated heterocycles. The maximum Gasteiger partial charge on any atom is 0.180 e. The van der Waals surface area contributed by atoms with Crippen LogP contribution >= 0.6 is 11.3 Å². The van der Waals surface area contributed by atoms with E-state index in [0.29, 0.717) is 5.13 Å². The van der Waals surface area contributed by atoms with Crippen LogP contribution in [0.2, 0.25) is 0 Å². The molecule has 0 aliphatic heterocycles. The quantitative estimate of drug-likeness (QED) is 0.903. The minimum Gasteiger partial charge on any atom is -0.375 e. The molecule has 2 rings (SSSR count). The van der Waals surface area contributed by atoms with E-state index in [9.17, 15) is 0 Å². The van der Waals surface area contributed by atoms with E-state index in [2.05, 4.69) is 29.9 Å². The molecular weight excluding hydrogens is 230 g/mol. The number of thiazole rings is 1. The first-order valence-corrected chi connectivity index (χ1v) is 6.57. The summed E-state index contributed by atoms with van der Waals surface area (Å²) >= 11 is 1.50. The number of pyridine rings is 1. The Balaban J connectivity index is 2.03. The van der Waals surface area contributed by atoms with Gasteiger partial charge in [0.1, 0.15) is 0 Å². The average Bonchev–Trinajstić information content (AvgIpc) is 2.76. The normalized spacial score (nSPS) is 11.6. The van der Waals surface area contributed by atoms with Crippen LogP contribution in [-0.2, 0) is 11.8 Å². The Kier molecular flexibility index (Phi) is 3.43. The van der Waals surface area contributed by atoms with E-state index in [4.69, 9.17) is 5.73 Å². The summed E-state index contributed by atoms with van der Waals surface area (Å²) in [5.41, 5.74) is 7.93. The van der Waals surface area contributed by atoms with Crippen molar-refractivity contribution in [1.82, 2.24) is 9.97 Å². The molecule has 4 heteroatoms. The summed E-state index contributed by atoms with van der Waals surface area (Å²) in [5, 5.41) is 2.69. The van der Waals surface area contributed by atoms with Crippen molar-refractivity contribution < 1.29 is 0 Å². The van der Waals surface area contributed by atoms with E-state index in [1.54, 1.807) is 0 Å². The Bertz CT molecular complexity index is 476. The number of anilines is 1. The number of hydrogen-bond donors (Lipinski definition) is 1. The summed E-state index contributed by atoms with van der Waals surface area (Å²) in [6.07, 6.45) is 3.82. The molecular formula is C13H17N3S. The van der Waals surface area contributed by atoms with Crippen molar-refractivity contribution in [3.63, 3.8) is 0 Å². The van der Waals surface area contributed by atoms with Crippen LogP contribution < -0.4 is 5.73 Å². The van der Waals surface area contributed by atoms with E-state index in [-0.39, 0.29) is 5.41 Å². The highest BCUT2D eigenvalue weighted by Gasteiger charge is 2.23. The SMILES string of the molecule is CC(C)(CCc1ccccn1)c1csc(N)n1. The monoisotopic (exact) mass is 247 g/mol. The number of aromatic nitrogens is 2. The van der Waals surface area contributed by atoms with Crippen molar-refractivity contribution in [2.24, 2.45) is 0 Å². The fraction of sp³-hybridized carbons (Fsp3) is 0.385. The number of nitrogen functional groups attached to an aromatic ring is 1. The van der Waals surface area contributed by atoms with E-state index in [1.807, 2.05) is 23.7 Å². The van der Waals surface area contributed by atoms with Crippen LogP contribution in [0.4, 0.5) is 5.13 Å². The van der Waals surface area contributed by atoms with Crippen molar-refractivity contribution in [1.29, 1.82) is 0 Å². The van der Waals surface area contributed by atoms with Gasteiger partial charge in [0.05, 0.1) is 5.69 Å². The zero-order valence-electron chi connectivity index (χ0n) is 10.2. The third-order valence-electron chi connectivity index (χ3n) is 2.95. The molecule has 0 unspecified atom stereocenters. The molecule has 0 aromatic carbocycles. The predicted molar refractivity (Wildman–Crippen MR) is 72.1 cm³/mol. The lowest BCUT2D eigenvalue weighted by Gasteiger charge is -2.22. The number of nitrogens with zero attached hydrogens (tertiary/aromatic N) is 2. The number of hydrogen-bond acceptors (Lipinski definition) is 4. The molecule has 17 heavy (non-hydrogen) atoms. The van der Waals surface area contributed by atoms with Gasteiger partial charge in [0.2, 0.25) is 0 Å². The number of nitrogens with two attached hydrogens (primary N) is 1. The smallest absolute Gasteiger partial charge is 0.180 e. The molecule has 2 N–H and O–H groups in total. The molecule has 0 aliphatic carbocycles. The van der Waals surface area contributed by atoms with Gasteiger partial charge < -0.3 is 5.73 Å². The van der Waals surface area contributed by atoms with Crippen molar-refractivity contribution in [2.75, 3.05) is 5.73 Å². The Morgan fingerprint density at radius 1 is 1.35 bits per heavy atom. The average molecular weight is 247 g/mol. The molecule has 2 aromatic rings. The van der Waals surface area contributed by atoms with E-state index in [1.165, 1.54) is 11.3 Å². The van der Waals surface area contributed by atoms with Gasteiger partial charge in [-0.2, -0.15) is 0 Å². The zero-order chi connectivity index (χ0) is 12.3. The van der Waals surface area contributed by atoms with Gasteiger partial charge in [0.25, 0.3) is 0 Å². The van der Waals surface area contributed by atoms with Gasteiger partial charge in [0.15, 0.2) is 5.13 Å². The Labute approximate surface area is 106 Å². The fourth-order valence-electron chi connectivity index (χ4n) is 1.71. The molecule has 0 aliphatic rings. The van der Waals surface area contributed by atoms with E-state index < -0.39 is 0 Å². The van der Waals surface area contributed by atoms with E-state index in [0.717, 1.165) is 24.2 Å². The van der Waals surface area contributed by atoms with Crippen molar-refractivity contribution >= 4 is 16.5 Å². The van der Waals surface area contributed by atoms with Gasteiger partial charge in [0, 0.05) is 22.7 Å². The minimum absolute atomic E-state index is 0.0473. The first-order valence-electron chi connectivity index (χ1n) is 5.69. The zero-order valence-corrected chi connectivity index (χ0v) is 11.0. The largest absolute Gasteiger partial charge is 0.375 e. The van der Waals surface area contributed by atoms with Crippen LogP contribution in [0, 0.1) is 0 Å². The highest BCUT2D eigenvalue weighted by molar-refractivity contribution is 7.13. The van der Waals surface area contributed by atoms with Crippen LogP contribution in [0.25, 0.3) is 0 Å². The van der Waals surface area contributed by atoms with Crippen LogP contribution in [-0.4, -0.2) is 9.97 Å². The standard InChI is InChI=1S/C13H17N3S/c1-13(2,11-9-17-12(14)16-11)7-6-10-5-3-4-8-15-10/h3-5,8-9H,6-7H2,1-2H3,(H2,14,16). The summed E-state index contributed by atoms with van der Waals surface area (Å²) in [7, 11) is 0. The highest BCUT2D eigenvalue weighted by Crippen LogP contribution is 2.29. The minimum atomic E-state index is 0.0473. The highest BCUT2D eigenvalue weighted by atomic mass is 32.1. The van der Waals surface area contributed by atoms with Crippen LogP contribution in [0.5, 0.6) is 0 Å². The number of rotatable bonds is 4. The lowest BCUT2D eigenvalue weighted by molar-refractivity contribution is 0.466. The predicted octanol–water partition coefficient (Wildman–Crippen LogP) is 3.03. The van der Waals surface area contributed by atoms with Gasteiger partial charge in [-0.15, -0.1) is 11.3 Å². The Morgan fingerprint density at radius 2 is 2.18 bits per heavy atom. The number of aryl methyl sites for hydroxylation is 1. The first-order chi connectivity index (χ1) is 8.08. The maximum absolute atomic E-state index is 5.68. The molecule has 0 spiro atoms. The molecule has 3 nitrogen and oxygen atoms in total. The lowest BCUT2D eigenvalue weighted by atomic mass is 9.84. The topological polar surface area (TPSA) is 51.8 Å². The Morgan fingerprint density at radius 3 is 2.76 bits per heavy atom. The molecule has 0 radical (unpaired) electrons. The fourth-order valence-corrected chi connectivity index (χ4v) is 2.47. The third-order valence-corrected chi connectivity index (χ3v) is 3.62. The van der Waals surface area contributed by atoms with Gasteiger partial charge in [-0.1, -0.05) is 19.9 Å². The summed E-state index contributed by atoms with van der Waals surface area (Å²) in [6, 6.07) is 6.03. The molecule has 2 heterocycles. The van der Waals surface area contributed by atoms with Crippen molar-refractivity contribution in [3.05, 3.63) is 41.2 Å². The summed E-state index contributed by atoms with van der Waals surface area (Å²) < 4.78 is 0. The van der Waals surface area contributed by atoms with Gasteiger partial charge >= 0.3 is 0 Å². The molecule has 2 aromatic heterocycles. The first kappa shape index (κ1) is 12.0. The molecule has 0 amide bonds. The molecule has 0 fully saturated rings.